The SMILES string of the molecule is CC[C@H]1OC(=O)[C@H](C)[C@@H](O[C@H]2C[C@@](C)(OC)[C@@H](OC(=O)NCc3cccc(Cl)c3)[C@H](C)O2)[C@H](C)[C@@H](OC2O[C@H](C)C[C@H](N(C)C)[C@H]2O)[C@]2(C)C[C@@H](C)C(=N[C@H](C)[C@H]3OC(=O)O[C@@]31C)O2. The molecular weight excluding hydrogens is 854 g/mol. The van der Waals surface area contributed by atoms with E-state index < -0.39 is 108 Å². The lowest BCUT2D eigenvalue weighted by atomic mass is 9.79. The number of alkyl carbamates (subject to hydrolysis) is 1. The fourth-order valence-corrected chi connectivity index (χ4v) is 10.6. The van der Waals surface area contributed by atoms with Gasteiger partial charge in [0.25, 0.3) is 0 Å². The van der Waals surface area contributed by atoms with Crippen molar-refractivity contribution >= 4 is 35.7 Å². The third kappa shape index (κ3) is 10.5. The van der Waals surface area contributed by atoms with E-state index in [0.717, 1.165) is 5.56 Å². The number of carbonyl (C=O) groups is 3. The van der Waals surface area contributed by atoms with E-state index in [1.807, 2.05) is 73.5 Å². The molecule has 18 heteroatoms. The van der Waals surface area contributed by atoms with E-state index in [-0.39, 0.29) is 37.5 Å². The Morgan fingerprint density at radius 3 is 2.38 bits per heavy atom. The van der Waals surface area contributed by atoms with E-state index >= 15 is 0 Å². The summed E-state index contributed by atoms with van der Waals surface area (Å²) in [5, 5.41) is 15.1. The molecule has 1 amide bonds. The molecule has 5 aliphatic rings. The summed E-state index contributed by atoms with van der Waals surface area (Å²) in [5.41, 5.74) is -2.81. The number of carbonyl (C=O) groups excluding carboxylic acids is 3. The fraction of sp³-hybridized carbons (Fsp3) is 0.783. The molecule has 0 spiro atoms. The molecule has 6 rings (SSSR count). The van der Waals surface area contributed by atoms with Crippen LogP contribution in [0, 0.1) is 17.8 Å². The van der Waals surface area contributed by atoms with E-state index in [1.165, 1.54) is 7.11 Å². The molecule has 5 aliphatic heterocycles. The molecule has 17 nitrogen and oxygen atoms in total. The van der Waals surface area contributed by atoms with Crippen LogP contribution in [0.25, 0.3) is 0 Å². The van der Waals surface area contributed by atoms with Gasteiger partial charge in [-0.1, -0.05) is 44.5 Å². The Morgan fingerprint density at radius 2 is 1.72 bits per heavy atom. The van der Waals surface area contributed by atoms with Gasteiger partial charge in [0.15, 0.2) is 36.3 Å². The van der Waals surface area contributed by atoms with Crippen LogP contribution in [-0.2, 0) is 58.7 Å². The van der Waals surface area contributed by atoms with Gasteiger partial charge >= 0.3 is 18.2 Å². The van der Waals surface area contributed by atoms with Gasteiger partial charge in [-0.2, -0.15) is 0 Å². The van der Waals surface area contributed by atoms with E-state index in [2.05, 4.69) is 5.32 Å². The highest BCUT2D eigenvalue weighted by Crippen LogP contribution is 2.45. The van der Waals surface area contributed by atoms with Crippen molar-refractivity contribution in [3.8, 4) is 0 Å². The molecule has 1 aromatic rings. The number of cyclic esters (lactones) is 1. The maximum absolute atomic E-state index is 14.7. The second-order valence-electron chi connectivity index (χ2n) is 19.3. The molecule has 18 atom stereocenters. The number of hydrogen-bond donors (Lipinski definition) is 2. The molecule has 0 aliphatic carbocycles. The maximum Gasteiger partial charge on any atom is 0.509 e. The zero-order valence-corrected chi connectivity index (χ0v) is 40.3. The van der Waals surface area contributed by atoms with Crippen molar-refractivity contribution in [1.29, 1.82) is 0 Å². The van der Waals surface area contributed by atoms with Crippen molar-refractivity contribution in [2.24, 2.45) is 22.7 Å². The van der Waals surface area contributed by atoms with Crippen LogP contribution in [0.15, 0.2) is 29.3 Å². The highest BCUT2D eigenvalue weighted by Gasteiger charge is 2.59. The molecule has 4 saturated heterocycles. The van der Waals surface area contributed by atoms with Gasteiger partial charge in [0, 0.05) is 49.4 Å². The maximum atomic E-state index is 14.7. The average Bonchev–Trinajstić information content (AvgIpc) is 3.71. The van der Waals surface area contributed by atoms with Gasteiger partial charge in [0.1, 0.15) is 29.5 Å². The lowest BCUT2D eigenvalue weighted by Gasteiger charge is -2.49. The van der Waals surface area contributed by atoms with E-state index in [1.54, 1.807) is 39.0 Å². The number of benzene rings is 1. The normalized spacial score (nSPS) is 42.9. The zero-order chi connectivity index (χ0) is 47.1. The Labute approximate surface area is 382 Å². The third-order valence-corrected chi connectivity index (χ3v) is 14.2. The number of nitrogens with one attached hydrogen (secondary N) is 1. The molecule has 0 aromatic heterocycles. The standard InChI is InChI=1S/C46H70ClN3O14/c1-14-32-46(10)37(62-43(54)64-46)27(6)49-39-23(2)20-45(9,63-39)36(60-41-34(51)31(50(11)12)18-24(3)56-41)25(4)35(26(5)40(52)58-32)59-33-21-44(8,55-13)38(28(7)57-33)61-42(53)48-22-29-16-15-17-30(47)19-29/h15-17,19,23-28,31-38,41,51H,14,18,20-22H2,1-13H3,(H,48,53)/t23-,24-,25+,26-,27-,28+,31+,32-,33+,34-,35+,36-,37-,38+,41?,44-,45+,46-/m1/s1. The first-order chi connectivity index (χ1) is 30.0. The van der Waals surface area contributed by atoms with E-state index in [9.17, 15) is 19.5 Å². The molecular formula is C46H70ClN3O14. The Hall–Kier alpha value is -3.29. The fourth-order valence-electron chi connectivity index (χ4n) is 10.4. The van der Waals surface area contributed by atoms with Crippen molar-refractivity contribution in [3.63, 3.8) is 0 Å². The minimum atomic E-state index is -1.39. The third-order valence-electron chi connectivity index (χ3n) is 13.9. The summed E-state index contributed by atoms with van der Waals surface area (Å²) >= 11 is 6.14. The van der Waals surface area contributed by atoms with Crippen LogP contribution in [0.1, 0.15) is 100 Å². The van der Waals surface area contributed by atoms with Gasteiger partial charge in [0.2, 0.25) is 0 Å². The number of halogens is 1. The number of aliphatic imine (C=N–C) groups is 1. The van der Waals surface area contributed by atoms with Crippen LogP contribution in [-0.4, -0.2) is 146 Å². The molecule has 5 heterocycles. The lowest BCUT2D eigenvalue weighted by Crippen LogP contribution is -2.61. The first-order valence-electron chi connectivity index (χ1n) is 22.6. The Morgan fingerprint density at radius 1 is 1.00 bits per heavy atom. The predicted molar refractivity (Wildman–Crippen MR) is 234 cm³/mol. The molecule has 0 radical (unpaired) electrons. The van der Waals surface area contributed by atoms with E-state index in [0.29, 0.717) is 23.8 Å². The summed E-state index contributed by atoms with van der Waals surface area (Å²) in [7, 11) is 5.33. The number of fused-ring (bicyclic) bond motifs is 3. The van der Waals surface area contributed by atoms with Crippen LogP contribution in [0.2, 0.25) is 5.02 Å². The summed E-state index contributed by atoms with van der Waals surface area (Å²) in [4.78, 5) is 47.6. The molecule has 2 bridgehead atoms. The number of esters is 1. The smallest absolute Gasteiger partial charge is 0.472 e. The van der Waals surface area contributed by atoms with E-state index in [4.69, 9.17) is 64.0 Å². The summed E-state index contributed by atoms with van der Waals surface area (Å²) in [6.07, 6.45) is -8.86. The van der Waals surface area contributed by atoms with Crippen LogP contribution >= 0.6 is 11.6 Å². The van der Waals surface area contributed by atoms with Crippen LogP contribution < -0.4 is 5.32 Å². The summed E-state index contributed by atoms with van der Waals surface area (Å²) in [5.74, 6) is -2.08. The number of ether oxygens (including phenoxy) is 10. The minimum Gasteiger partial charge on any atom is -0.472 e. The molecule has 1 unspecified atom stereocenters. The number of aliphatic hydroxyl groups excluding tert-OH is 1. The second-order valence-corrected chi connectivity index (χ2v) is 19.8. The highest BCUT2D eigenvalue weighted by atomic mass is 35.5. The van der Waals surface area contributed by atoms with Gasteiger partial charge in [-0.05, 0) is 93.1 Å². The average molecular weight is 925 g/mol. The molecule has 360 valence electrons. The lowest BCUT2D eigenvalue weighted by molar-refractivity contribution is -0.315. The van der Waals surface area contributed by atoms with Gasteiger partial charge in [0.05, 0.1) is 30.3 Å². The van der Waals surface area contributed by atoms with Gasteiger partial charge in [-0.3, -0.25) is 4.79 Å². The van der Waals surface area contributed by atoms with Crippen LogP contribution in [0.5, 0.6) is 0 Å². The molecule has 64 heavy (non-hydrogen) atoms. The van der Waals surface area contributed by atoms with Crippen LogP contribution in [0.4, 0.5) is 9.59 Å². The highest BCUT2D eigenvalue weighted by molar-refractivity contribution is 6.30. The summed E-state index contributed by atoms with van der Waals surface area (Å²) in [6, 6.07) is 6.22. The van der Waals surface area contributed by atoms with Crippen molar-refractivity contribution in [2.75, 3.05) is 21.2 Å². The van der Waals surface area contributed by atoms with Gasteiger partial charge in [-0.15, -0.1) is 0 Å². The number of likely N-dealkylation sites (N-methyl/N-ethyl adjacent to an activating group) is 1. The Bertz CT molecular complexity index is 1860. The van der Waals surface area contributed by atoms with Crippen molar-refractivity contribution in [3.05, 3.63) is 34.9 Å². The van der Waals surface area contributed by atoms with Crippen molar-refractivity contribution < 1.29 is 66.9 Å². The number of rotatable bonds is 10. The summed E-state index contributed by atoms with van der Waals surface area (Å²) < 4.78 is 63.6. The topological polar surface area (TPSA) is 191 Å². The van der Waals surface area contributed by atoms with Gasteiger partial charge < -0.3 is 62.7 Å². The Kier molecular flexibility index (Phi) is 15.6. The minimum absolute atomic E-state index is 0.0905. The predicted octanol–water partition coefficient (Wildman–Crippen LogP) is 6.18. The summed E-state index contributed by atoms with van der Waals surface area (Å²) in [6.45, 7) is 18.6. The number of aliphatic hydroxyl groups is 1. The monoisotopic (exact) mass is 923 g/mol. The van der Waals surface area contributed by atoms with Crippen LogP contribution in [0.3, 0.4) is 0 Å². The quantitative estimate of drug-likeness (QED) is 0.200. The van der Waals surface area contributed by atoms with Crippen molar-refractivity contribution in [2.45, 2.75) is 192 Å². The number of amides is 1. The molecule has 2 N–H and O–H groups in total. The number of methoxy groups -OCH3 is 1. The first-order valence-corrected chi connectivity index (χ1v) is 23.0. The molecule has 4 fully saturated rings. The number of nitrogens with zero attached hydrogens (tertiary/aromatic N) is 2. The molecule has 0 saturated carbocycles. The zero-order valence-electron chi connectivity index (χ0n) is 39.5. The largest absolute Gasteiger partial charge is 0.509 e. The second kappa shape index (κ2) is 19.9. The van der Waals surface area contributed by atoms with Gasteiger partial charge in [-0.25, -0.2) is 14.6 Å². The number of hydrogen-bond acceptors (Lipinski definition) is 16. The van der Waals surface area contributed by atoms with Crippen molar-refractivity contribution in [1.82, 2.24) is 10.2 Å². The molecule has 1 aromatic carbocycles. The first kappa shape index (κ1) is 50.1. The Balaban J connectivity index is 1.36.